The third kappa shape index (κ3) is 3.65. The largest absolute Gasteiger partial charge is 0.380 e. The quantitative estimate of drug-likeness (QED) is 0.893. The number of hydrogen-bond donors (Lipinski definition) is 1. The number of benzene rings is 2. The summed E-state index contributed by atoms with van der Waals surface area (Å²) in [5.74, 6) is 0. The summed E-state index contributed by atoms with van der Waals surface area (Å²) in [4.78, 5) is 2.09. The highest BCUT2D eigenvalue weighted by atomic mass is 35.5. The van der Waals surface area contributed by atoms with E-state index in [2.05, 4.69) is 47.5 Å². The SMILES string of the molecule is Cc1ccc(Cl)c(NCc2ccc(N(C)C)cc2)c1. The van der Waals surface area contributed by atoms with Crippen LogP contribution in [0.25, 0.3) is 0 Å². The third-order valence-electron chi connectivity index (χ3n) is 3.06. The topological polar surface area (TPSA) is 15.3 Å². The number of hydrogen-bond acceptors (Lipinski definition) is 2. The summed E-state index contributed by atoms with van der Waals surface area (Å²) in [6, 6.07) is 14.5. The molecule has 1 N–H and O–H groups in total. The average molecular weight is 275 g/mol. The first-order chi connectivity index (χ1) is 9.06. The molecule has 0 saturated heterocycles. The van der Waals surface area contributed by atoms with Crippen LogP contribution in [0.15, 0.2) is 42.5 Å². The second kappa shape index (κ2) is 5.98. The number of halogens is 1. The Balaban J connectivity index is 2.04. The molecule has 0 heterocycles. The zero-order valence-electron chi connectivity index (χ0n) is 11.6. The molecule has 0 spiro atoms. The summed E-state index contributed by atoms with van der Waals surface area (Å²) in [5.41, 5.74) is 4.63. The van der Waals surface area contributed by atoms with Crippen molar-refractivity contribution < 1.29 is 0 Å². The number of aryl methyl sites for hydroxylation is 1. The van der Waals surface area contributed by atoms with Gasteiger partial charge in [0.05, 0.1) is 10.7 Å². The van der Waals surface area contributed by atoms with Crippen LogP contribution >= 0.6 is 11.6 Å². The Labute approximate surface area is 120 Å². The van der Waals surface area contributed by atoms with E-state index in [1.54, 1.807) is 0 Å². The lowest BCUT2D eigenvalue weighted by molar-refractivity contribution is 1.11. The predicted molar refractivity (Wildman–Crippen MR) is 84.3 cm³/mol. The van der Waals surface area contributed by atoms with Crippen molar-refractivity contribution >= 4 is 23.0 Å². The molecular formula is C16H19ClN2. The van der Waals surface area contributed by atoms with Crippen LogP contribution in [0.5, 0.6) is 0 Å². The molecule has 2 aromatic rings. The maximum Gasteiger partial charge on any atom is 0.0637 e. The van der Waals surface area contributed by atoms with Crippen molar-refractivity contribution in [3.8, 4) is 0 Å². The minimum absolute atomic E-state index is 0.760. The smallest absolute Gasteiger partial charge is 0.0637 e. The van der Waals surface area contributed by atoms with Gasteiger partial charge >= 0.3 is 0 Å². The molecule has 2 nitrogen and oxygen atoms in total. The van der Waals surface area contributed by atoms with E-state index in [-0.39, 0.29) is 0 Å². The molecule has 0 aromatic heterocycles. The molecule has 2 aromatic carbocycles. The highest BCUT2D eigenvalue weighted by molar-refractivity contribution is 6.33. The summed E-state index contributed by atoms with van der Waals surface area (Å²) < 4.78 is 0. The van der Waals surface area contributed by atoms with Crippen molar-refractivity contribution in [3.63, 3.8) is 0 Å². The van der Waals surface area contributed by atoms with Gasteiger partial charge in [0.25, 0.3) is 0 Å². The molecule has 0 bridgehead atoms. The van der Waals surface area contributed by atoms with Crippen LogP contribution in [0.3, 0.4) is 0 Å². The van der Waals surface area contributed by atoms with Gasteiger partial charge in [-0.05, 0) is 42.3 Å². The van der Waals surface area contributed by atoms with Crippen molar-refractivity contribution in [2.75, 3.05) is 24.3 Å². The van der Waals surface area contributed by atoms with Gasteiger partial charge in [-0.15, -0.1) is 0 Å². The molecular weight excluding hydrogens is 256 g/mol. The second-order valence-corrected chi connectivity index (χ2v) is 5.30. The first-order valence-corrected chi connectivity index (χ1v) is 6.70. The lowest BCUT2D eigenvalue weighted by atomic mass is 10.2. The van der Waals surface area contributed by atoms with E-state index in [0.717, 1.165) is 17.3 Å². The van der Waals surface area contributed by atoms with E-state index < -0.39 is 0 Å². The average Bonchev–Trinajstić information content (AvgIpc) is 2.40. The van der Waals surface area contributed by atoms with Gasteiger partial charge in [-0.2, -0.15) is 0 Å². The van der Waals surface area contributed by atoms with Crippen LogP contribution in [0, 0.1) is 6.92 Å². The molecule has 0 unspecified atom stereocenters. The molecule has 0 saturated carbocycles. The van der Waals surface area contributed by atoms with E-state index in [1.165, 1.54) is 16.8 Å². The van der Waals surface area contributed by atoms with Gasteiger partial charge in [-0.1, -0.05) is 29.8 Å². The van der Waals surface area contributed by atoms with Gasteiger partial charge in [-0.3, -0.25) is 0 Å². The Morgan fingerprint density at radius 1 is 1.05 bits per heavy atom. The normalized spacial score (nSPS) is 10.3. The van der Waals surface area contributed by atoms with E-state index in [0.29, 0.717) is 0 Å². The first-order valence-electron chi connectivity index (χ1n) is 6.32. The number of anilines is 2. The lowest BCUT2D eigenvalue weighted by Gasteiger charge is -2.13. The minimum Gasteiger partial charge on any atom is -0.380 e. The zero-order chi connectivity index (χ0) is 13.8. The van der Waals surface area contributed by atoms with Gasteiger partial charge in [0.2, 0.25) is 0 Å². The number of nitrogens with one attached hydrogen (secondary N) is 1. The van der Waals surface area contributed by atoms with Crippen LogP contribution in [0.2, 0.25) is 5.02 Å². The third-order valence-corrected chi connectivity index (χ3v) is 3.39. The number of nitrogens with zero attached hydrogens (tertiary/aromatic N) is 1. The van der Waals surface area contributed by atoms with E-state index >= 15 is 0 Å². The maximum atomic E-state index is 6.16. The molecule has 0 fully saturated rings. The molecule has 2 rings (SSSR count). The van der Waals surface area contributed by atoms with Crippen LogP contribution in [-0.2, 0) is 6.54 Å². The standard InChI is InChI=1S/C16H19ClN2/c1-12-4-9-15(17)16(10-12)18-11-13-5-7-14(8-6-13)19(2)3/h4-10,18H,11H2,1-3H3. The predicted octanol–water partition coefficient (Wildman–Crippen LogP) is 4.33. The fraction of sp³-hybridized carbons (Fsp3) is 0.250. The molecule has 3 heteroatoms. The monoisotopic (exact) mass is 274 g/mol. The van der Waals surface area contributed by atoms with E-state index in [9.17, 15) is 0 Å². The summed E-state index contributed by atoms with van der Waals surface area (Å²) in [6.07, 6.45) is 0. The minimum atomic E-state index is 0.760. The summed E-state index contributed by atoms with van der Waals surface area (Å²) in [5, 5.41) is 4.13. The van der Waals surface area contributed by atoms with Crippen molar-refractivity contribution in [1.82, 2.24) is 0 Å². The van der Waals surface area contributed by atoms with Gasteiger partial charge in [0.1, 0.15) is 0 Å². The van der Waals surface area contributed by atoms with Crippen LogP contribution < -0.4 is 10.2 Å². The Kier molecular flexibility index (Phi) is 4.33. The molecule has 0 aliphatic rings. The Bertz CT molecular complexity index is 547. The molecule has 19 heavy (non-hydrogen) atoms. The number of rotatable bonds is 4. The van der Waals surface area contributed by atoms with Crippen molar-refractivity contribution in [1.29, 1.82) is 0 Å². The molecule has 100 valence electrons. The highest BCUT2D eigenvalue weighted by Gasteiger charge is 2.01. The second-order valence-electron chi connectivity index (χ2n) is 4.90. The van der Waals surface area contributed by atoms with Crippen LogP contribution in [0.1, 0.15) is 11.1 Å². The fourth-order valence-corrected chi connectivity index (χ4v) is 2.07. The molecule has 0 aliphatic carbocycles. The van der Waals surface area contributed by atoms with Crippen molar-refractivity contribution in [3.05, 3.63) is 58.6 Å². The van der Waals surface area contributed by atoms with Gasteiger partial charge < -0.3 is 10.2 Å². The molecule has 0 amide bonds. The Morgan fingerprint density at radius 2 is 1.74 bits per heavy atom. The van der Waals surface area contributed by atoms with Crippen LogP contribution in [-0.4, -0.2) is 14.1 Å². The van der Waals surface area contributed by atoms with Gasteiger partial charge in [0.15, 0.2) is 0 Å². The van der Waals surface area contributed by atoms with Gasteiger partial charge in [0, 0.05) is 26.3 Å². The zero-order valence-corrected chi connectivity index (χ0v) is 12.3. The maximum absolute atomic E-state index is 6.16. The lowest BCUT2D eigenvalue weighted by Crippen LogP contribution is -2.08. The summed E-state index contributed by atoms with van der Waals surface area (Å²) in [6.45, 7) is 2.84. The Morgan fingerprint density at radius 3 is 2.37 bits per heavy atom. The first kappa shape index (κ1) is 13.8. The molecule has 0 aliphatic heterocycles. The Hall–Kier alpha value is -1.67. The summed E-state index contributed by atoms with van der Waals surface area (Å²) in [7, 11) is 4.08. The van der Waals surface area contributed by atoms with Gasteiger partial charge in [-0.25, -0.2) is 0 Å². The molecule has 0 atom stereocenters. The van der Waals surface area contributed by atoms with E-state index in [4.69, 9.17) is 11.6 Å². The van der Waals surface area contributed by atoms with Crippen molar-refractivity contribution in [2.45, 2.75) is 13.5 Å². The summed E-state index contributed by atoms with van der Waals surface area (Å²) >= 11 is 6.16. The fourth-order valence-electron chi connectivity index (χ4n) is 1.88. The highest BCUT2D eigenvalue weighted by Crippen LogP contribution is 2.23. The molecule has 0 radical (unpaired) electrons. The van der Waals surface area contributed by atoms with E-state index in [1.807, 2.05) is 26.2 Å². The van der Waals surface area contributed by atoms with Crippen molar-refractivity contribution in [2.24, 2.45) is 0 Å². The van der Waals surface area contributed by atoms with Crippen LogP contribution in [0.4, 0.5) is 11.4 Å².